The zero-order chi connectivity index (χ0) is 9.97. The summed E-state index contributed by atoms with van der Waals surface area (Å²) in [5.74, 6) is 0.676. The number of hydrogen-bond donors (Lipinski definition) is 0. The molecule has 1 aromatic heterocycles. The summed E-state index contributed by atoms with van der Waals surface area (Å²) in [4.78, 5) is 4.48. The molecule has 0 spiro atoms. The maximum absolute atomic E-state index is 4.81. The maximum atomic E-state index is 4.81. The molecule has 2 rings (SSSR count). The van der Waals surface area contributed by atoms with Crippen LogP contribution >= 0.6 is 31.9 Å². The first-order chi connectivity index (χ1) is 6.74. The minimum atomic E-state index is 0.419. The van der Waals surface area contributed by atoms with Crippen LogP contribution in [0, 0.1) is 0 Å². The molecule has 0 N–H and O–H groups in total. The summed E-state index contributed by atoms with van der Waals surface area (Å²) in [7, 11) is 0. The highest BCUT2D eigenvalue weighted by Gasteiger charge is 2.04. The minimum absolute atomic E-state index is 0.419. The summed E-state index contributed by atoms with van der Waals surface area (Å²) in [5, 5.41) is 3.79. The molecule has 2 aromatic rings. The van der Waals surface area contributed by atoms with Crippen LogP contribution in [-0.4, -0.2) is 10.1 Å². The molecule has 0 bridgehead atoms. The second-order valence-electron chi connectivity index (χ2n) is 2.77. The van der Waals surface area contributed by atoms with E-state index in [-0.39, 0.29) is 0 Å². The fraction of sp³-hybridized carbons (Fsp3) is 0.111. The van der Waals surface area contributed by atoms with Crippen LogP contribution in [0.3, 0.4) is 0 Å². The Morgan fingerprint density at radius 1 is 1.29 bits per heavy atom. The molecule has 0 aliphatic rings. The average Bonchev–Trinajstić information content (AvgIpc) is 2.51. The molecule has 0 amide bonds. The van der Waals surface area contributed by atoms with Gasteiger partial charge in [-0.3, -0.25) is 0 Å². The van der Waals surface area contributed by atoms with Crippen LogP contribution in [-0.2, 0) is 6.42 Å². The van der Waals surface area contributed by atoms with Crippen LogP contribution in [0.25, 0.3) is 0 Å². The molecule has 1 aromatic carbocycles. The van der Waals surface area contributed by atoms with Gasteiger partial charge in [0, 0.05) is 26.8 Å². The lowest BCUT2D eigenvalue weighted by Gasteiger charge is -1.96. The minimum Gasteiger partial charge on any atom is -0.327 e. The Morgan fingerprint density at radius 3 is 2.79 bits per heavy atom. The van der Waals surface area contributed by atoms with E-state index < -0.39 is 0 Å². The summed E-state index contributed by atoms with van der Waals surface area (Å²) < 4.78 is 5.86. The molecule has 1 heterocycles. The van der Waals surface area contributed by atoms with Crippen molar-refractivity contribution in [1.29, 1.82) is 0 Å². The van der Waals surface area contributed by atoms with E-state index in [4.69, 9.17) is 4.52 Å². The Kier molecular flexibility index (Phi) is 2.98. The topological polar surface area (TPSA) is 38.9 Å². The van der Waals surface area contributed by atoms with Crippen molar-refractivity contribution in [3.8, 4) is 0 Å². The van der Waals surface area contributed by atoms with Gasteiger partial charge in [-0.15, -0.1) is 0 Å². The molecule has 0 aliphatic heterocycles. The molecule has 0 unspecified atom stereocenters. The fourth-order valence-corrected chi connectivity index (χ4v) is 1.86. The zero-order valence-corrected chi connectivity index (χ0v) is 10.2. The first-order valence-corrected chi connectivity index (χ1v) is 5.55. The van der Waals surface area contributed by atoms with Gasteiger partial charge in [0.15, 0.2) is 5.82 Å². The molecular weight excluding hydrogens is 312 g/mol. The van der Waals surface area contributed by atoms with Crippen LogP contribution in [0.1, 0.15) is 11.4 Å². The Labute approximate surface area is 97.8 Å². The van der Waals surface area contributed by atoms with Crippen LogP contribution < -0.4 is 0 Å². The van der Waals surface area contributed by atoms with Crippen molar-refractivity contribution in [2.24, 2.45) is 0 Å². The molecular formula is C9H6Br2N2O. The van der Waals surface area contributed by atoms with Gasteiger partial charge in [0.25, 0.3) is 4.80 Å². The molecule has 0 fully saturated rings. The van der Waals surface area contributed by atoms with E-state index in [2.05, 4.69) is 42.0 Å². The van der Waals surface area contributed by atoms with Crippen molar-refractivity contribution in [3.05, 3.63) is 44.9 Å². The van der Waals surface area contributed by atoms with Crippen LogP contribution in [0.2, 0.25) is 0 Å². The Hall–Kier alpha value is -0.680. The zero-order valence-electron chi connectivity index (χ0n) is 7.08. The number of nitrogens with zero attached hydrogens (tertiary/aromatic N) is 2. The number of halogens is 2. The molecule has 0 atom stereocenters. The smallest absolute Gasteiger partial charge is 0.293 e. The van der Waals surface area contributed by atoms with Crippen molar-refractivity contribution in [2.45, 2.75) is 6.42 Å². The lowest BCUT2D eigenvalue weighted by Crippen LogP contribution is -1.90. The molecule has 0 saturated heterocycles. The number of hydrogen-bond acceptors (Lipinski definition) is 3. The van der Waals surface area contributed by atoms with Gasteiger partial charge in [-0.2, -0.15) is 4.98 Å². The third kappa shape index (κ3) is 2.42. The quantitative estimate of drug-likeness (QED) is 0.854. The van der Waals surface area contributed by atoms with Crippen molar-refractivity contribution in [2.75, 3.05) is 0 Å². The molecule has 5 heteroatoms. The van der Waals surface area contributed by atoms with E-state index in [0.29, 0.717) is 17.0 Å². The summed E-state index contributed by atoms with van der Waals surface area (Å²) in [6, 6.07) is 8.02. The molecule has 72 valence electrons. The first kappa shape index (κ1) is 9.86. The summed E-state index contributed by atoms with van der Waals surface area (Å²) in [6.07, 6.45) is 0.675. The predicted octanol–water partition coefficient (Wildman–Crippen LogP) is 3.19. The number of aromatic nitrogens is 2. The predicted molar refractivity (Wildman–Crippen MR) is 58.9 cm³/mol. The Morgan fingerprint density at radius 2 is 2.14 bits per heavy atom. The van der Waals surface area contributed by atoms with Crippen LogP contribution in [0.15, 0.2) is 38.1 Å². The van der Waals surface area contributed by atoms with E-state index in [1.807, 2.05) is 24.3 Å². The van der Waals surface area contributed by atoms with E-state index in [0.717, 1.165) is 10.0 Å². The number of benzene rings is 1. The van der Waals surface area contributed by atoms with Gasteiger partial charge < -0.3 is 4.52 Å². The van der Waals surface area contributed by atoms with Gasteiger partial charge in [0.1, 0.15) is 0 Å². The molecule has 0 saturated carbocycles. The largest absolute Gasteiger partial charge is 0.327 e. The lowest BCUT2D eigenvalue weighted by molar-refractivity contribution is 0.391. The van der Waals surface area contributed by atoms with E-state index in [1.165, 1.54) is 0 Å². The summed E-state index contributed by atoms with van der Waals surface area (Å²) in [6.45, 7) is 0. The van der Waals surface area contributed by atoms with Gasteiger partial charge in [-0.05, 0) is 17.7 Å². The van der Waals surface area contributed by atoms with E-state index >= 15 is 0 Å². The van der Waals surface area contributed by atoms with Gasteiger partial charge in [0.2, 0.25) is 0 Å². The third-order valence-corrected chi connectivity index (χ3v) is 2.51. The Balaban J connectivity index is 2.18. The lowest BCUT2D eigenvalue weighted by atomic mass is 10.1. The van der Waals surface area contributed by atoms with Crippen LogP contribution in [0.4, 0.5) is 0 Å². The highest BCUT2D eigenvalue weighted by Crippen LogP contribution is 2.14. The third-order valence-electron chi connectivity index (χ3n) is 1.69. The summed E-state index contributed by atoms with van der Waals surface area (Å²) >= 11 is 6.52. The van der Waals surface area contributed by atoms with Crippen molar-refractivity contribution in [1.82, 2.24) is 10.1 Å². The van der Waals surface area contributed by atoms with E-state index in [9.17, 15) is 0 Å². The highest BCUT2D eigenvalue weighted by molar-refractivity contribution is 9.10. The first-order valence-electron chi connectivity index (χ1n) is 3.96. The normalized spacial score (nSPS) is 10.4. The van der Waals surface area contributed by atoms with E-state index in [1.54, 1.807) is 0 Å². The van der Waals surface area contributed by atoms with Gasteiger partial charge in [-0.25, -0.2) is 0 Å². The Bertz CT molecular complexity index is 442. The maximum Gasteiger partial charge on any atom is 0.293 e. The van der Waals surface area contributed by atoms with Gasteiger partial charge in [-0.1, -0.05) is 33.2 Å². The van der Waals surface area contributed by atoms with Crippen LogP contribution in [0.5, 0.6) is 0 Å². The molecule has 14 heavy (non-hydrogen) atoms. The second-order valence-corrected chi connectivity index (χ2v) is 4.36. The standard InChI is InChI=1S/C9H6Br2N2O/c10-7-3-1-2-6(4-7)5-8-12-9(11)14-13-8/h1-4H,5H2. The molecule has 3 nitrogen and oxygen atoms in total. The monoisotopic (exact) mass is 316 g/mol. The molecule has 0 radical (unpaired) electrons. The second kappa shape index (κ2) is 4.23. The van der Waals surface area contributed by atoms with Crippen molar-refractivity contribution in [3.63, 3.8) is 0 Å². The number of rotatable bonds is 2. The fourth-order valence-electron chi connectivity index (χ4n) is 1.13. The summed E-state index contributed by atoms with van der Waals surface area (Å²) in [5.41, 5.74) is 1.15. The highest BCUT2D eigenvalue weighted by atomic mass is 79.9. The van der Waals surface area contributed by atoms with Crippen molar-refractivity contribution >= 4 is 31.9 Å². The van der Waals surface area contributed by atoms with Gasteiger partial charge >= 0.3 is 0 Å². The van der Waals surface area contributed by atoms with Crippen molar-refractivity contribution < 1.29 is 4.52 Å². The molecule has 0 aliphatic carbocycles. The SMILES string of the molecule is Brc1cccc(Cc2noc(Br)n2)c1. The average molecular weight is 318 g/mol. The van der Waals surface area contributed by atoms with Gasteiger partial charge in [0.05, 0.1) is 0 Å².